The zero-order chi connectivity index (χ0) is 24.4. The Labute approximate surface area is 188 Å². The van der Waals surface area contributed by atoms with Crippen molar-refractivity contribution in [1.29, 1.82) is 0 Å². The van der Waals surface area contributed by atoms with Crippen LogP contribution in [0.3, 0.4) is 0 Å². The molecule has 9 nitrogen and oxygen atoms in total. The Morgan fingerprint density at radius 1 is 1.09 bits per heavy atom. The van der Waals surface area contributed by atoms with Gasteiger partial charge in [-0.15, -0.1) is 0 Å². The third kappa shape index (κ3) is 5.49. The summed E-state index contributed by atoms with van der Waals surface area (Å²) in [5, 5.41) is 13.2. The lowest BCUT2D eigenvalue weighted by molar-refractivity contribution is -0.385. The summed E-state index contributed by atoms with van der Waals surface area (Å²) in [7, 11) is -3.98. The van der Waals surface area contributed by atoms with Gasteiger partial charge in [0.1, 0.15) is 0 Å². The standard InChI is InChI=1S/C20H21F3N4O5S/c1-14(19(28)24-18-8-3-2-7-17(18)20(21,22)23)25-9-11-26(12-10-25)33(31,32)16-6-4-5-15(13-16)27(29)30/h2-8,13-14H,9-12H2,1H3,(H,24,28). The van der Waals surface area contributed by atoms with Crippen LogP contribution in [0.15, 0.2) is 53.4 Å². The van der Waals surface area contributed by atoms with Gasteiger partial charge in [-0.05, 0) is 25.1 Å². The topological polar surface area (TPSA) is 113 Å². The molecule has 1 fully saturated rings. The first-order chi connectivity index (χ1) is 15.4. The number of nitro groups is 1. The summed E-state index contributed by atoms with van der Waals surface area (Å²) in [6.07, 6.45) is -4.63. The summed E-state index contributed by atoms with van der Waals surface area (Å²) in [4.78, 5) is 24.3. The fraction of sp³-hybridized carbons (Fsp3) is 0.350. The number of nitro benzene ring substituents is 1. The van der Waals surface area contributed by atoms with Crippen LogP contribution in [0.4, 0.5) is 24.5 Å². The fourth-order valence-corrected chi connectivity index (χ4v) is 4.94. The zero-order valence-corrected chi connectivity index (χ0v) is 18.3. The van der Waals surface area contributed by atoms with Crippen molar-refractivity contribution in [2.75, 3.05) is 31.5 Å². The largest absolute Gasteiger partial charge is 0.418 e. The lowest BCUT2D eigenvalue weighted by Gasteiger charge is -2.36. The number of hydrogen-bond acceptors (Lipinski definition) is 6. The number of hydrogen-bond donors (Lipinski definition) is 1. The van der Waals surface area contributed by atoms with E-state index in [1.54, 1.807) is 4.90 Å². The van der Waals surface area contributed by atoms with Crippen LogP contribution in [0, 0.1) is 10.1 Å². The number of halogens is 3. The van der Waals surface area contributed by atoms with Crippen LogP contribution >= 0.6 is 0 Å². The summed E-state index contributed by atoms with van der Waals surface area (Å²) >= 11 is 0. The maximum atomic E-state index is 13.2. The molecule has 1 N–H and O–H groups in total. The second-order valence-corrected chi connectivity index (χ2v) is 9.34. The highest BCUT2D eigenvalue weighted by Gasteiger charge is 2.35. The molecule has 1 saturated heterocycles. The highest BCUT2D eigenvalue weighted by Crippen LogP contribution is 2.34. The van der Waals surface area contributed by atoms with Gasteiger partial charge in [0, 0.05) is 38.3 Å². The molecule has 0 radical (unpaired) electrons. The third-order valence-corrected chi connectivity index (χ3v) is 7.25. The van der Waals surface area contributed by atoms with E-state index in [2.05, 4.69) is 5.32 Å². The predicted molar refractivity (Wildman–Crippen MR) is 113 cm³/mol. The van der Waals surface area contributed by atoms with E-state index in [1.807, 2.05) is 0 Å². The summed E-state index contributed by atoms with van der Waals surface area (Å²) in [6, 6.07) is 8.55. The Bertz CT molecular complexity index is 1150. The summed E-state index contributed by atoms with van der Waals surface area (Å²) in [6.45, 7) is 1.87. The Hall–Kier alpha value is -3.03. The van der Waals surface area contributed by atoms with Crippen LogP contribution in [-0.2, 0) is 21.0 Å². The Morgan fingerprint density at radius 2 is 1.73 bits per heavy atom. The number of nitrogens with one attached hydrogen (secondary N) is 1. The molecular weight excluding hydrogens is 465 g/mol. The van der Waals surface area contributed by atoms with Crippen LogP contribution in [-0.4, -0.2) is 60.7 Å². The number of amides is 1. The number of carbonyl (C=O) groups is 1. The van der Waals surface area contributed by atoms with Gasteiger partial charge in [-0.1, -0.05) is 18.2 Å². The van der Waals surface area contributed by atoms with Crippen molar-refractivity contribution in [2.24, 2.45) is 0 Å². The lowest BCUT2D eigenvalue weighted by atomic mass is 10.1. The normalized spacial score (nSPS) is 16.8. The number of benzene rings is 2. The number of para-hydroxylation sites is 1. The van der Waals surface area contributed by atoms with E-state index in [1.165, 1.54) is 37.3 Å². The molecule has 0 aliphatic carbocycles. The van der Waals surface area contributed by atoms with Crippen molar-refractivity contribution >= 4 is 27.3 Å². The maximum Gasteiger partial charge on any atom is 0.418 e. The molecule has 0 aromatic heterocycles. The molecule has 0 spiro atoms. The van der Waals surface area contributed by atoms with Gasteiger partial charge in [0.25, 0.3) is 5.69 Å². The number of anilines is 1. The first kappa shape index (κ1) is 24.6. The van der Waals surface area contributed by atoms with Gasteiger partial charge >= 0.3 is 6.18 Å². The first-order valence-corrected chi connectivity index (χ1v) is 11.3. The van der Waals surface area contributed by atoms with Gasteiger partial charge < -0.3 is 5.32 Å². The Balaban J connectivity index is 1.66. The van der Waals surface area contributed by atoms with Crippen LogP contribution in [0.25, 0.3) is 0 Å². The van der Waals surface area contributed by atoms with E-state index in [0.717, 1.165) is 22.5 Å². The van der Waals surface area contributed by atoms with E-state index in [4.69, 9.17) is 0 Å². The molecule has 1 heterocycles. The molecule has 2 aromatic rings. The summed E-state index contributed by atoms with van der Waals surface area (Å²) in [5.74, 6) is -0.651. The van der Waals surface area contributed by atoms with Gasteiger partial charge in [-0.3, -0.25) is 19.8 Å². The minimum atomic E-state index is -4.63. The van der Waals surface area contributed by atoms with Crippen molar-refractivity contribution in [2.45, 2.75) is 24.0 Å². The minimum Gasteiger partial charge on any atom is -0.324 e. The van der Waals surface area contributed by atoms with Crippen LogP contribution in [0.5, 0.6) is 0 Å². The van der Waals surface area contributed by atoms with Crippen molar-refractivity contribution < 1.29 is 31.3 Å². The van der Waals surface area contributed by atoms with Crippen LogP contribution < -0.4 is 5.32 Å². The van der Waals surface area contributed by atoms with Gasteiger partial charge in [0.2, 0.25) is 15.9 Å². The van der Waals surface area contributed by atoms with Crippen molar-refractivity contribution in [3.8, 4) is 0 Å². The van der Waals surface area contributed by atoms with Crippen molar-refractivity contribution in [3.05, 3.63) is 64.2 Å². The summed E-state index contributed by atoms with van der Waals surface area (Å²) < 4.78 is 66.3. The van der Waals surface area contributed by atoms with E-state index in [0.29, 0.717) is 0 Å². The molecule has 1 aliphatic heterocycles. The molecule has 0 saturated carbocycles. The number of carbonyl (C=O) groups excluding carboxylic acids is 1. The van der Waals surface area contributed by atoms with Gasteiger partial charge in [-0.2, -0.15) is 17.5 Å². The molecule has 33 heavy (non-hydrogen) atoms. The Morgan fingerprint density at radius 3 is 2.33 bits per heavy atom. The zero-order valence-electron chi connectivity index (χ0n) is 17.4. The number of alkyl halides is 3. The molecule has 1 aliphatic rings. The number of non-ortho nitro benzene ring substituents is 1. The van der Waals surface area contributed by atoms with E-state index < -0.39 is 38.6 Å². The average Bonchev–Trinajstić information content (AvgIpc) is 2.78. The smallest absolute Gasteiger partial charge is 0.324 e. The van der Waals surface area contributed by atoms with Crippen molar-refractivity contribution in [3.63, 3.8) is 0 Å². The third-order valence-electron chi connectivity index (χ3n) is 5.36. The molecule has 1 atom stereocenters. The first-order valence-electron chi connectivity index (χ1n) is 9.87. The Kier molecular flexibility index (Phi) is 7.05. The molecule has 0 bridgehead atoms. The summed E-state index contributed by atoms with van der Waals surface area (Å²) in [5.41, 5.74) is -1.66. The second kappa shape index (κ2) is 9.45. The highest BCUT2D eigenvalue weighted by atomic mass is 32.2. The van der Waals surface area contributed by atoms with Crippen LogP contribution in [0.2, 0.25) is 0 Å². The molecule has 3 rings (SSSR count). The van der Waals surface area contributed by atoms with E-state index in [-0.39, 0.29) is 42.4 Å². The highest BCUT2D eigenvalue weighted by molar-refractivity contribution is 7.89. The average molecular weight is 486 g/mol. The molecule has 13 heteroatoms. The number of rotatable bonds is 6. The van der Waals surface area contributed by atoms with E-state index >= 15 is 0 Å². The SMILES string of the molecule is CC(C(=O)Nc1ccccc1C(F)(F)F)N1CCN(S(=O)(=O)c2cccc([N+](=O)[O-])c2)CC1. The fourth-order valence-electron chi connectivity index (χ4n) is 3.48. The predicted octanol–water partition coefficient (Wildman–Crippen LogP) is 2.95. The monoisotopic (exact) mass is 486 g/mol. The number of piperazine rings is 1. The van der Waals surface area contributed by atoms with E-state index in [9.17, 15) is 36.5 Å². The maximum absolute atomic E-state index is 13.2. The van der Waals surface area contributed by atoms with Crippen LogP contribution in [0.1, 0.15) is 12.5 Å². The van der Waals surface area contributed by atoms with Gasteiger partial charge in [0.05, 0.1) is 27.1 Å². The van der Waals surface area contributed by atoms with Gasteiger partial charge in [0.15, 0.2) is 0 Å². The lowest BCUT2D eigenvalue weighted by Crippen LogP contribution is -2.53. The number of nitrogens with zero attached hydrogens (tertiary/aromatic N) is 3. The second-order valence-electron chi connectivity index (χ2n) is 7.40. The molecular formula is C20H21F3N4O5S. The van der Waals surface area contributed by atoms with Crippen molar-refractivity contribution in [1.82, 2.24) is 9.21 Å². The molecule has 1 unspecified atom stereocenters. The van der Waals surface area contributed by atoms with Gasteiger partial charge in [-0.25, -0.2) is 8.42 Å². The molecule has 2 aromatic carbocycles. The molecule has 1 amide bonds. The quantitative estimate of drug-likeness (QED) is 0.496. The molecule has 178 valence electrons. The number of sulfonamides is 1. The minimum absolute atomic E-state index is 0.0157.